The van der Waals surface area contributed by atoms with E-state index in [1.54, 1.807) is 18.2 Å². The maximum absolute atomic E-state index is 13.8. The van der Waals surface area contributed by atoms with Crippen LogP contribution in [0.2, 0.25) is 0 Å². The number of halogens is 3. The molecule has 1 aromatic carbocycles. The summed E-state index contributed by atoms with van der Waals surface area (Å²) in [5.41, 5.74) is 0.161. The quantitative estimate of drug-likeness (QED) is 0.395. The van der Waals surface area contributed by atoms with Crippen LogP contribution in [0.25, 0.3) is 22.3 Å². The highest BCUT2D eigenvalue weighted by Crippen LogP contribution is 2.41. The molecule has 0 aliphatic carbocycles. The van der Waals surface area contributed by atoms with E-state index >= 15 is 0 Å². The molecule has 0 unspecified atom stereocenters. The SMILES string of the molecule is CNC(=O)c1ccccc1Nc1c(C(F)(F)F)cnc2[nH]c(-c3ccc(=O)[nH]c3)cc12. The van der Waals surface area contributed by atoms with Crippen molar-refractivity contribution in [2.24, 2.45) is 0 Å². The topological polar surface area (TPSA) is 103 Å². The molecule has 0 saturated heterocycles. The van der Waals surface area contributed by atoms with Crippen LogP contribution in [-0.2, 0) is 6.18 Å². The van der Waals surface area contributed by atoms with Crippen molar-refractivity contribution < 1.29 is 18.0 Å². The minimum atomic E-state index is -4.68. The number of hydrogen-bond acceptors (Lipinski definition) is 4. The van der Waals surface area contributed by atoms with Crippen LogP contribution in [0, 0.1) is 0 Å². The molecule has 0 bridgehead atoms. The summed E-state index contributed by atoms with van der Waals surface area (Å²) in [6.45, 7) is 0. The van der Waals surface area contributed by atoms with Gasteiger partial charge in [0.2, 0.25) is 5.56 Å². The fourth-order valence-corrected chi connectivity index (χ4v) is 3.22. The summed E-state index contributed by atoms with van der Waals surface area (Å²) in [4.78, 5) is 32.9. The average Bonchev–Trinajstić information content (AvgIpc) is 3.18. The highest BCUT2D eigenvalue weighted by molar-refractivity contribution is 6.02. The maximum Gasteiger partial charge on any atom is 0.419 e. The molecule has 1 amide bonds. The molecule has 0 aliphatic rings. The van der Waals surface area contributed by atoms with E-state index in [0.717, 1.165) is 6.20 Å². The summed E-state index contributed by atoms with van der Waals surface area (Å²) in [6, 6.07) is 10.6. The number of anilines is 2. The number of fused-ring (bicyclic) bond motifs is 1. The van der Waals surface area contributed by atoms with Gasteiger partial charge in [-0.25, -0.2) is 4.98 Å². The molecular weight excluding hydrogens is 411 g/mol. The Morgan fingerprint density at radius 2 is 1.90 bits per heavy atom. The van der Waals surface area contributed by atoms with Crippen molar-refractivity contribution in [1.82, 2.24) is 20.3 Å². The fourth-order valence-electron chi connectivity index (χ4n) is 3.22. The third-order valence-corrected chi connectivity index (χ3v) is 4.72. The number of aromatic amines is 2. The molecule has 0 aliphatic heterocycles. The number of carbonyl (C=O) groups is 1. The van der Waals surface area contributed by atoms with Crippen LogP contribution < -0.4 is 16.2 Å². The number of H-pyrrole nitrogens is 2. The molecule has 10 heteroatoms. The van der Waals surface area contributed by atoms with E-state index in [0.29, 0.717) is 11.3 Å². The molecule has 0 atom stereocenters. The first kappa shape index (κ1) is 20.2. The molecule has 158 valence electrons. The largest absolute Gasteiger partial charge is 0.419 e. The number of alkyl halides is 3. The van der Waals surface area contributed by atoms with E-state index in [1.165, 1.54) is 37.5 Å². The Kier molecular flexibility index (Phi) is 4.97. The number of para-hydroxylation sites is 1. The molecule has 0 spiro atoms. The van der Waals surface area contributed by atoms with E-state index in [2.05, 4.69) is 25.6 Å². The zero-order chi connectivity index (χ0) is 22.2. The fraction of sp³-hybridized carbons (Fsp3) is 0.0952. The minimum absolute atomic E-state index is 0.183. The van der Waals surface area contributed by atoms with Crippen LogP contribution >= 0.6 is 0 Å². The third-order valence-electron chi connectivity index (χ3n) is 4.72. The van der Waals surface area contributed by atoms with E-state index < -0.39 is 17.6 Å². The van der Waals surface area contributed by atoms with Gasteiger partial charge in [-0.1, -0.05) is 12.1 Å². The van der Waals surface area contributed by atoms with Crippen LogP contribution in [0.1, 0.15) is 15.9 Å². The standard InChI is InChI=1S/C21H16F3N5O2/c1-25-20(31)12-4-2-3-5-15(12)28-18-13-8-16(11-6-7-17(30)26-9-11)29-19(13)27-10-14(18)21(22,23)24/h2-10H,1H3,(H,25,31)(H,26,30)(H2,27,28,29). The van der Waals surface area contributed by atoms with E-state index in [1.807, 2.05) is 0 Å². The van der Waals surface area contributed by atoms with Gasteiger partial charge >= 0.3 is 6.18 Å². The van der Waals surface area contributed by atoms with Crippen molar-refractivity contribution in [3.8, 4) is 11.3 Å². The first-order chi connectivity index (χ1) is 14.8. The first-order valence-corrected chi connectivity index (χ1v) is 9.14. The van der Waals surface area contributed by atoms with Crippen LogP contribution in [-0.4, -0.2) is 27.9 Å². The van der Waals surface area contributed by atoms with Crippen LogP contribution in [0.4, 0.5) is 24.5 Å². The molecule has 7 nitrogen and oxygen atoms in total. The number of nitrogens with zero attached hydrogens (tertiary/aromatic N) is 1. The number of benzene rings is 1. The summed E-state index contributed by atoms with van der Waals surface area (Å²) in [5, 5.41) is 5.44. The third kappa shape index (κ3) is 3.87. The Morgan fingerprint density at radius 1 is 1.13 bits per heavy atom. The van der Waals surface area contributed by atoms with Crippen LogP contribution in [0.3, 0.4) is 0 Å². The number of rotatable bonds is 4. The van der Waals surface area contributed by atoms with Gasteiger partial charge in [-0.2, -0.15) is 13.2 Å². The second-order valence-electron chi connectivity index (χ2n) is 6.68. The lowest BCUT2D eigenvalue weighted by atomic mass is 10.1. The molecule has 0 saturated carbocycles. The number of amides is 1. The van der Waals surface area contributed by atoms with Gasteiger partial charge in [0.05, 0.1) is 22.5 Å². The Hall–Kier alpha value is -4.08. The van der Waals surface area contributed by atoms with Crippen molar-refractivity contribution in [2.45, 2.75) is 6.18 Å². The lowest BCUT2D eigenvalue weighted by Gasteiger charge is -2.17. The Bertz CT molecular complexity index is 1320. The van der Waals surface area contributed by atoms with Gasteiger partial charge in [-0.3, -0.25) is 9.59 Å². The number of nitrogens with one attached hydrogen (secondary N) is 4. The monoisotopic (exact) mass is 427 g/mol. The van der Waals surface area contributed by atoms with E-state index in [-0.39, 0.29) is 33.5 Å². The Labute approximate surface area is 173 Å². The second-order valence-corrected chi connectivity index (χ2v) is 6.68. The summed E-state index contributed by atoms with van der Waals surface area (Å²) in [7, 11) is 1.44. The molecule has 4 N–H and O–H groups in total. The summed E-state index contributed by atoms with van der Waals surface area (Å²) in [6.07, 6.45) is -2.49. The molecule has 0 fully saturated rings. The molecule has 3 aromatic heterocycles. The zero-order valence-corrected chi connectivity index (χ0v) is 16.1. The highest BCUT2D eigenvalue weighted by atomic mass is 19.4. The van der Waals surface area contributed by atoms with Gasteiger partial charge in [0, 0.05) is 42.2 Å². The smallest absolute Gasteiger partial charge is 0.355 e. The zero-order valence-electron chi connectivity index (χ0n) is 16.1. The van der Waals surface area contributed by atoms with Gasteiger partial charge in [0.25, 0.3) is 5.91 Å². The Balaban J connectivity index is 1.91. The van der Waals surface area contributed by atoms with Crippen molar-refractivity contribution in [2.75, 3.05) is 12.4 Å². The lowest BCUT2D eigenvalue weighted by Crippen LogP contribution is -2.19. The summed E-state index contributed by atoms with van der Waals surface area (Å²) < 4.78 is 41.3. The minimum Gasteiger partial charge on any atom is -0.355 e. The molecule has 0 radical (unpaired) electrons. The van der Waals surface area contributed by atoms with Gasteiger partial charge < -0.3 is 20.6 Å². The van der Waals surface area contributed by atoms with Crippen LogP contribution in [0.5, 0.6) is 0 Å². The van der Waals surface area contributed by atoms with Gasteiger partial charge in [0.15, 0.2) is 0 Å². The van der Waals surface area contributed by atoms with Gasteiger partial charge in [0.1, 0.15) is 5.65 Å². The second kappa shape index (κ2) is 7.63. The van der Waals surface area contributed by atoms with Gasteiger partial charge in [-0.15, -0.1) is 0 Å². The molecular formula is C21H16F3N5O2. The molecule has 3 heterocycles. The van der Waals surface area contributed by atoms with E-state index in [4.69, 9.17) is 0 Å². The Morgan fingerprint density at radius 3 is 2.58 bits per heavy atom. The normalized spacial score (nSPS) is 11.5. The average molecular weight is 427 g/mol. The molecule has 4 aromatic rings. The number of carbonyl (C=O) groups excluding carboxylic acids is 1. The van der Waals surface area contributed by atoms with Crippen molar-refractivity contribution in [3.05, 3.63) is 76.3 Å². The molecule has 4 rings (SSSR count). The number of pyridine rings is 2. The number of hydrogen-bond donors (Lipinski definition) is 4. The van der Waals surface area contributed by atoms with Crippen molar-refractivity contribution >= 4 is 28.3 Å². The lowest BCUT2D eigenvalue weighted by molar-refractivity contribution is -0.137. The molecule has 31 heavy (non-hydrogen) atoms. The summed E-state index contributed by atoms with van der Waals surface area (Å²) >= 11 is 0. The maximum atomic E-state index is 13.8. The predicted octanol–water partition coefficient (Wildman–Crippen LogP) is 4.04. The number of aromatic nitrogens is 3. The van der Waals surface area contributed by atoms with Crippen molar-refractivity contribution in [3.63, 3.8) is 0 Å². The predicted molar refractivity (Wildman–Crippen MR) is 110 cm³/mol. The summed E-state index contributed by atoms with van der Waals surface area (Å²) in [5.74, 6) is -0.440. The van der Waals surface area contributed by atoms with Crippen LogP contribution in [0.15, 0.2) is 59.7 Å². The van der Waals surface area contributed by atoms with Gasteiger partial charge in [-0.05, 0) is 24.3 Å². The highest BCUT2D eigenvalue weighted by Gasteiger charge is 2.35. The van der Waals surface area contributed by atoms with Crippen molar-refractivity contribution in [1.29, 1.82) is 0 Å². The first-order valence-electron chi connectivity index (χ1n) is 9.14. The van der Waals surface area contributed by atoms with E-state index in [9.17, 15) is 22.8 Å².